The lowest BCUT2D eigenvalue weighted by atomic mass is 9.98. The summed E-state index contributed by atoms with van der Waals surface area (Å²) < 4.78 is 10.5. The van der Waals surface area contributed by atoms with Crippen LogP contribution in [-0.4, -0.2) is 40.0 Å². The van der Waals surface area contributed by atoms with E-state index in [4.69, 9.17) is 9.47 Å². The molecule has 176 valence electrons. The largest absolute Gasteiger partial charge is 0.496 e. The minimum atomic E-state index is -0.560. The summed E-state index contributed by atoms with van der Waals surface area (Å²) in [5, 5.41) is 10.9. The van der Waals surface area contributed by atoms with Crippen LogP contribution in [0.5, 0.6) is 5.75 Å². The molecule has 0 saturated carbocycles. The molecule has 0 radical (unpaired) electrons. The summed E-state index contributed by atoms with van der Waals surface area (Å²) in [5.41, 5.74) is 4.90. The molecule has 0 bridgehead atoms. The lowest BCUT2D eigenvalue weighted by Gasteiger charge is -2.12. The number of rotatable bonds is 6. The van der Waals surface area contributed by atoms with Crippen molar-refractivity contribution in [3.05, 3.63) is 82.3 Å². The highest BCUT2D eigenvalue weighted by molar-refractivity contribution is 5.88. The maximum Gasteiger partial charge on any atom is 0.413 e. The molecule has 0 fully saturated rings. The highest BCUT2D eigenvalue weighted by Crippen LogP contribution is 2.31. The lowest BCUT2D eigenvalue weighted by Crippen LogP contribution is -2.14. The van der Waals surface area contributed by atoms with Crippen molar-refractivity contribution in [2.75, 3.05) is 19.0 Å². The number of hydrogen-bond acceptors (Lipinski definition) is 6. The van der Waals surface area contributed by atoms with Gasteiger partial charge in [-0.1, -0.05) is 30.3 Å². The van der Waals surface area contributed by atoms with E-state index in [9.17, 15) is 9.59 Å². The van der Waals surface area contributed by atoms with Gasteiger partial charge >= 0.3 is 6.09 Å². The van der Waals surface area contributed by atoms with Gasteiger partial charge in [-0.25, -0.2) is 14.9 Å². The van der Waals surface area contributed by atoms with E-state index in [-0.39, 0.29) is 12.2 Å². The van der Waals surface area contributed by atoms with Crippen LogP contribution in [0.2, 0.25) is 0 Å². The van der Waals surface area contributed by atoms with Gasteiger partial charge in [0.05, 0.1) is 35.8 Å². The number of hydrogen-bond donors (Lipinski definition) is 3. The maximum atomic E-state index is 12.2. The Morgan fingerprint density at radius 3 is 2.60 bits per heavy atom. The number of ether oxygens (including phenoxy) is 2. The topological polar surface area (TPSA) is 122 Å². The van der Waals surface area contributed by atoms with E-state index in [0.717, 1.165) is 39.0 Å². The molecule has 35 heavy (non-hydrogen) atoms. The van der Waals surface area contributed by atoms with Gasteiger partial charge in [0.15, 0.2) is 0 Å². The van der Waals surface area contributed by atoms with Gasteiger partial charge in [-0.15, -0.1) is 0 Å². The Balaban J connectivity index is 1.50. The van der Waals surface area contributed by atoms with Crippen LogP contribution >= 0.6 is 0 Å². The van der Waals surface area contributed by atoms with Crippen molar-refractivity contribution in [2.24, 2.45) is 0 Å². The summed E-state index contributed by atoms with van der Waals surface area (Å²) in [6.07, 6.45) is -0.0815. The summed E-state index contributed by atoms with van der Waals surface area (Å²) in [7, 11) is 1.63. The van der Waals surface area contributed by atoms with E-state index in [1.54, 1.807) is 20.1 Å². The van der Waals surface area contributed by atoms with Crippen LogP contribution in [0, 0.1) is 0 Å². The Labute approximate surface area is 200 Å². The SMILES string of the molecule is CCOC(=O)Nc1nc2cc(-c3ccc(OC)c(Cc4n[nH]c(=O)c5ccccc45)c3)ccc2[nH]1. The highest BCUT2D eigenvalue weighted by atomic mass is 16.5. The second-order valence-electron chi connectivity index (χ2n) is 7.91. The Kier molecular flexibility index (Phi) is 5.88. The monoisotopic (exact) mass is 469 g/mol. The zero-order chi connectivity index (χ0) is 24.4. The Morgan fingerprint density at radius 2 is 1.80 bits per heavy atom. The van der Waals surface area contributed by atoms with Gasteiger partial charge in [0.25, 0.3) is 5.56 Å². The van der Waals surface area contributed by atoms with Gasteiger partial charge in [-0.3, -0.25) is 10.1 Å². The predicted molar refractivity (Wildman–Crippen MR) is 134 cm³/mol. The predicted octanol–water partition coefficient (Wildman–Crippen LogP) is 4.63. The summed E-state index contributed by atoms with van der Waals surface area (Å²) in [6, 6.07) is 19.2. The molecule has 0 saturated heterocycles. The van der Waals surface area contributed by atoms with Crippen LogP contribution in [0.1, 0.15) is 18.2 Å². The average Bonchev–Trinajstić information content (AvgIpc) is 3.27. The fraction of sp³-hybridized carbons (Fsp3) is 0.154. The van der Waals surface area contributed by atoms with Crippen LogP contribution in [0.25, 0.3) is 32.9 Å². The zero-order valence-corrected chi connectivity index (χ0v) is 19.2. The van der Waals surface area contributed by atoms with E-state index in [0.29, 0.717) is 23.3 Å². The van der Waals surface area contributed by atoms with Gasteiger partial charge in [-0.05, 0) is 48.4 Å². The molecule has 0 unspecified atom stereocenters. The number of nitrogens with one attached hydrogen (secondary N) is 3. The number of carbonyl (C=O) groups excluding carboxylic acids is 1. The molecule has 3 aromatic carbocycles. The Morgan fingerprint density at radius 1 is 1.03 bits per heavy atom. The van der Waals surface area contributed by atoms with Crippen molar-refractivity contribution in [1.82, 2.24) is 20.2 Å². The molecule has 1 amide bonds. The van der Waals surface area contributed by atoms with Gasteiger partial charge in [-0.2, -0.15) is 5.10 Å². The van der Waals surface area contributed by atoms with Gasteiger partial charge in [0, 0.05) is 17.4 Å². The fourth-order valence-corrected chi connectivity index (χ4v) is 4.09. The van der Waals surface area contributed by atoms with Gasteiger partial charge < -0.3 is 14.5 Å². The maximum absolute atomic E-state index is 12.2. The minimum Gasteiger partial charge on any atom is -0.496 e. The van der Waals surface area contributed by atoms with Crippen molar-refractivity contribution < 1.29 is 14.3 Å². The standard InChI is InChI=1S/C26H23N5O4/c1-3-35-26(33)29-25-27-20-10-8-16(13-22(20)28-25)15-9-11-23(34-2)17(12-15)14-21-18-6-4-5-7-19(18)24(32)31-30-21/h4-13H,3,14H2,1-2H3,(H,31,32)(H2,27,28,29,33). The third-order valence-corrected chi connectivity index (χ3v) is 5.73. The molecule has 9 nitrogen and oxygen atoms in total. The molecule has 0 aliphatic rings. The van der Waals surface area contributed by atoms with Crippen molar-refractivity contribution in [3.63, 3.8) is 0 Å². The number of aromatic nitrogens is 4. The first-order valence-corrected chi connectivity index (χ1v) is 11.1. The van der Waals surface area contributed by atoms with E-state index in [2.05, 4.69) is 25.5 Å². The zero-order valence-electron chi connectivity index (χ0n) is 19.2. The van der Waals surface area contributed by atoms with E-state index in [1.165, 1.54) is 0 Å². The van der Waals surface area contributed by atoms with Crippen molar-refractivity contribution in [1.29, 1.82) is 0 Å². The third kappa shape index (κ3) is 4.43. The fourth-order valence-electron chi connectivity index (χ4n) is 4.09. The molecule has 0 aliphatic carbocycles. The normalized spacial score (nSPS) is 11.0. The van der Waals surface area contributed by atoms with Crippen molar-refractivity contribution in [3.8, 4) is 16.9 Å². The first kappa shape index (κ1) is 22.1. The molecular formula is C26H23N5O4. The number of methoxy groups -OCH3 is 1. The number of fused-ring (bicyclic) bond motifs is 2. The summed E-state index contributed by atoms with van der Waals surface area (Å²) in [4.78, 5) is 31.4. The first-order chi connectivity index (χ1) is 17.1. The molecular weight excluding hydrogens is 446 g/mol. The second-order valence-corrected chi connectivity index (χ2v) is 7.91. The lowest BCUT2D eigenvalue weighted by molar-refractivity contribution is 0.167. The van der Waals surface area contributed by atoms with Crippen molar-refractivity contribution >= 4 is 33.8 Å². The molecule has 0 atom stereocenters. The molecule has 5 aromatic rings. The molecule has 0 spiro atoms. The summed E-state index contributed by atoms with van der Waals surface area (Å²) >= 11 is 0. The van der Waals surface area contributed by atoms with Gasteiger partial charge in [0.2, 0.25) is 5.95 Å². The van der Waals surface area contributed by atoms with Crippen LogP contribution in [0.4, 0.5) is 10.7 Å². The van der Waals surface area contributed by atoms with Crippen molar-refractivity contribution in [2.45, 2.75) is 13.3 Å². The smallest absolute Gasteiger partial charge is 0.413 e. The molecule has 2 heterocycles. The minimum absolute atomic E-state index is 0.214. The van der Waals surface area contributed by atoms with Crippen LogP contribution in [-0.2, 0) is 11.2 Å². The van der Waals surface area contributed by atoms with Crippen LogP contribution in [0.3, 0.4) is 0 Å². The first-order valence-electron chi connectivity index (χ1n) is 11.1. The number of nitrogens with zero attached hydrogens (tertiary/aromatic N) is 2. The highest BCUT2D eigenvalue weighted by Gasteiger charge is 2.13. The molecule has 5 rings (SSSR count). The van der Waals surface area contributed by atoms with Gasteiger partial charge in [0.1, 0.15) is 5.75 Å². The Hall–Kier alpha value is -4.66. The summed E-state index contributed by atoms with van der Waals surface area (Å²) in [5.74, 6) is 1.05. The second kappa shape index (κ2) is 9.30. The molecule has 3 N–H and O–H groups in total. The number of benzene rings is 3. The number of carbonyl (C=O) groups is 1. The van der Waals surface area contributed by atoms with E-state index < -0.39 is 6.09 Å². The van der Waals surface area contributed by atoms with Crippen LogP contribution in [0.15, 0.2) is 65.5 Å². The third-order valence-electron chi connectivity index (χ3n) is 5.73. The van der Waals surface area contributed by atoms with E-state index >= 15 is 0 Å². The molecule has 2 aromatic heterocycles. The molecule has 9 heteroatoms. The number of imidazole rings is 1. The van der Waals surface area contributed by atoms with Crippen LogP contribution < -0.4 is 15.6 Å². The molecule has 0 aliphatic heterocycles. The number of aromatic amines is 2. The number of amides is 1. The average molecular weight is 470 g/mol. The number of H-pyrrole nitrogens is 2. The summed E-state index contributed by atoms with van der Waals surface area (Å²) in [6.45, 7) is 2.02. The van der Waals surface area contributed by atoms with E-state index in [1.807, 2.05) is 54.6 Å². The Bertz CT molecular complexity index is 1610. The number of anilines is 1. The quantitative estimate of drug-likeness (QED) is 0.333.